The molecule has 0 saturated heterocycles. The fraction of sp³-hybridized carbons (Fsp3) is 0. The van der Waals surface area contributed by atoms with Crippen LogP contribution < -0.4 is 0 Å². The maximum atomic E-state index is 2.28. The van der Waals surface area contributed by atoms with E-state index in [1.165, 1.54) is 74.1 Å². The predicted octanol–water partition coefficient (Wildman–Crippen LogP) is 11.9. The summed E-state index contributed by atoms with van der Waals surface area (Å²) < 4.78 is 0. The van der Waals surface area contributed by atoms with Crippen LogP contribution in [0, 0.1) is 0 Å². The SMILES string of the molecule is c1ccc2c(-c3ccc(-c4cccc5c(-c6ccc(-c7cccc8ccccc78)s6)cccc45)s3)cccc2c1. The van der Waals surface area contributed by atoms with Crippen LogP contribution in [0.25, 0.3) is 74.1 Å². The van der Waals surface area contributed by atoms with Gasteiger partial charge in [0.05, 0.1) is 0 Å². The zero-order valence-corrected chi connectivity index (χ0v) is 23.3. The minimum Gasteiger partial charge on any atom is -0.135 e. The Morgan fingerprint density at radius 1 is 0.250 bits per heavy atom. The first kappa shape index (κ1) is 23.4. The monoisotopic (exact) mass is 544 g/mol. The molecule has 0 atom stereocenters. The molecule has 0 aliphatic carbocycles. The lowest BCUT2D eigenvalue weighted by atomic mass is 9.98. The third-order valence-electron chi connectivity index (χ3n) is 7.78. The summed E-state index contributed by atoms with van der Waals surface area (Å²) in [6.07, 6.45) is 0. The van der Waals surface area contributed by atoms with E-state index in [1.54, 1.807) is 0 Å². The zero-order chi connectivity index (χ0) is 26.5. The standard InChI is InChI=1S/C38H24S2/c1-3-13-27-25(9-1)11-5-17-31(27)35-21-23-37(39-35)33-19-7-16-30-29(33)15-8-20-34(30)38-24-22-36(40-38)32-18-6-12-26-10-2-4-14-28(26)32/h1-24H. The first-order chi connectivity index (χ1) is 19.8. The van der Waals surface area contributed by atoms with Crippen molar-refractivity contribution in [2.75, 3.05) is 0 Å². The van der Waals surface area contributed by atoms with E-state index in [-0.39, 0.29) is 0 Å². The highest BCUT2D eigenvalue weighted by molar-refractivity contribution is 7.19. The molecule has 0 unspecified atom stereocenters. The Bertz CT molecular complexity index is 2010. The Hall–Kier alpha value is -4.50. The second-order valence-corrected chi connectivity index (χ2v) is 12.3. The minimum absolute atomic E-state index is 1.28. The van der Waals surface area contributed by atoms with Gasteiger partial charge in [-0.25, -0.2) is 0 Å². The number of hydrogen-bond acceptors (Lipinski definition) is 2. The van der Waals surface area contributed by atoms with Crippen LogP contribution in [0.4, 0.5) is 0 Å². The molecule has 0 N–H and O–H groups in total. The molecule has 0 aliphatic heterocycles. The summed E-state index contributed by atoms with van der Waals surface area (Å²) in [7, 11) is 0. The summed E-state index contributed by atoms with van der Waals surface area (Å²) >= 11 is 3.75. The largest absolute Gasteiger partial charge is 0.135 e. The highest BCUT2D eigenvalue weighted by atomic mass is 32.1. The van der Waals surface area contributed by atoms with Crippen molar-refractivity contribution in [1.29, 1.82) is 0 Å². The summed E-state index contributed by atoms with van der Waals surface area (Å²) in [4.78, 5) is 5.21. The Balaban J connectivity index is 1.22. The van der Waals surface area contributed by atoms with E-state index in [4.69, 9.17) is 0 Å². The van der Waals surface area contributed by atoms with Gasteiger partial charge in [0.1, 0.15) is 0 Å². The van der Waals surface area contributed by atoms with Gasteiger partial charge in [0.15, 0.2) is 0 Å². The number of hydrogen-bond donors (Lipinski definition) is 0. The molecule has 8 aromatic rings. The molecule has 0 spiro atoms. The topological polar surface area (TPSA) is 0 Å². The predicted molar refractivity (Wildman–Crippen MR) is 176 cm³/mol. The van der Waals surface area contributed by atoms with Crippen LogP contribution in [0.1, 0.15) is 0 Å². The van der Waals surface area contributed by atoms with Gasteiger partial charge in [-0.15, -0.1) is 22.7 Å². The average Bonchev–Trinajstić information content (AvgIpc) is 3.71. The van der Waals surface area contributed by atoms with Gasteiger partial charge in [0.2, 0.25) is 0 Å². The molecule has 2 heteroatoms. The third kappa shape index (κ3) is 3.88. The highest BCUT2D eigenvalue weighted by Crippen LogP contribution is 2.43. The van der Waals surface area contributed by atoms with Crippen LogP contribution >= 0.6 is 22.7 Å². The van der Waals surface area contributed by atoms with Crippen molar-refractivity contribution >= 4 is 55.0 Å². The molecule has 0 radical (unpaired) electrons. The zero-order valence-electron chi connectivity index (χ0n) is 21.7. The van der Waals surface area contributed by atoms with Crippen molar-refractivity contribution in [3.8, 4) is 41.8 Å². The summed E-state index contributed by atoms with van der Waals surface area (Å²) in [6, 6.07) is 53.1. The molecule has 188 valence electrons. The van der Waals surface area contributed by atoms with E-state index in [9.17, 15) is 0 Å². The van der Waals surface area contributed by atoms with Crippen LogP contribution in [0.3, 0.4) is 0 Å². The molecule has 2 aromatic heterocycles. The lowest BCUT2D eigenvalue weighted by Crippen LogP contribution is -1.82. The van der Waals surface area contributed by atoms with Gasteiger partial charge >= 0.3 is 0 Å². The smallest absolute Gasteiger partial charge is 0.0355 e. The number of benzene rings is 6. The maximum Gasteiger partial charge on any atom is 0.0355 e. The van der Waals surface area contributed by atoms with Crippen molar-refractivity contribution in [2.45, 2.75) is 0 Å². The van der Waals surface area contributed by atoms with E-state index < -0.39 is 0 Å². The number of thiophene rings is 2. The molecule has 40 heavy (non-hydrogen) atoms. The molecule has 2 heterocycles. The minimum atomic E-state index is 1.28. The van der Waals surface area contributed by atoms with Gasteiger partial charge in [-0.1, -0.05) is 121 Å². The van der Waals surface area contributed by atoms with E-state index >= 15 is 0 Å². The highest BCUT2D eigenvalue weighted by Gasteiger charge is 2.14. The van der Waals surface area contributed by atoms with Crippen molar-refractivity contribution in [2.24, 2.45) is 0 Å². The molecule has 0 saturated carbocycles. The first-order valence-electron chi connectivity index (χ1n) is 13.5. The quantitative estimate of drug-likeness (QED) is 0.207. The van der Waals surface area contributed by atoms with Crippen molar-refractivity contribution < 1.29 is 0 Å². The van der Waals surface area contributed by atoms with E-state index in [1.807, 2.05) is 22.7 Å². The molecule has 0 aliphatic rings. The van der Waals surface area contributed by atoms with Gasteiger partial charge in [-0.3, -0.25) is 0 Å². The van der Waals surface area contributed by atoms with E-state index in [0.29, 0.717) is 0 Å². The lowest BCUT2D eigenvalue weighted by molar-refractivity contribution is 1.72. The van der Waals surface area contributed by atoms with Gasteiger partial charge < -0.3 is 0 Å². The molecule has 0 nitrogen and oxygen atoms in total. The average molecular weight is 545 g/mol. The Morgan fingerprint density at radius 3 is 0.975 bits per heavy atom. The molecular weight excluding hydrogens is 521 g/mol. The van der Waals surface area contributed by atoms with Crippen LogP contribution in [0.15, 0.2) is 146 Å². The molecule has 0 bridgehead atoms. The number of fused-ring (bicyclic) bond motifs is 3. The lowest BCUT2D eigenvalue weighted by Gasteiger charge is -2.09. The summed E-state index contributed by atoms with van der Waals surface area (Å²) in [6.45, 7) is 0. The Labute approximate surface area is 241 Å². The maximum absolute atomic E-state index is 2.28. The Morgan fingerprint density at radius 2 is 0.550 bits per heavy atom. The van der Waals surface area contributed by atoms with Crippen LogP contribution in [0.5, 0.6) is 0 Å². The van der Waals surface area contributed by atoms with Crippen LogP contribution in [-0.4, -0.2) is 0 Å². The summed E-state index contributed by atoms with van der Waals surface area (Å²) in [5.74, 6) is 0. The summed E-state index contributed by atoms with van der Waals surface area (Å²) in [5.41, 5.74) is 5.19. The second-order valence-electron chi connectivity index (χ2n) is 10.1. The van der Waals surface area contributed by atoms with Gasteiger partial charge in [0.25, 0.3) is 0 Å². The van der Waals surface area contributed by atoms with E-state index in [0.717, 1.165) is 0 Å². The second kappa shape index (κ2) is 9.60. The first-order valence-corrected chi connectivity index (χ1v) is 15.2. The fourth-order valence-corrected chi connectivity index (χ4v) is 8.05. The number of rotatable bonds is 4. The van der Waals surface area contributed by atoms with Crippen LogP contribution in [-0.2, 0) is 0 Å². The molecule has 6 aromatic carbocycles. The van der Waals surface area contributed by atoms with E-state index in [2.05, 4.69) is 146 Å². The molecule has 0 amide bonds. The van der Waals surface area contributed by atoms with Crippen LogP contribution in [0.2, 0.25) is 0 Å². The molecule has 8 rings (SSSR count). The summed E-state index contributed by atoms with van der Waals surface area (Å²) in [5, 5.41) is 7.77. The fourth-order valence-electron chi connectivity index (χ4n) is 5.88. The van der Waals surface area contributed by atoms with Gasteiger partial charge in [-0.2, -0.15) is 0 Å². The third-order valence-corrected chi connectivity index (χ3v) is 10.1. The molecule has 0 fully saturated rings. The molecular formula is C38H24S2. The van der Waals surface area contributed by atoms with Crippen molar-refractivity contribution in [3.63, 3.8) is 0 Å². The van der Waals surface area contributed by atoms with Crippen molar-refractivity contribution in [1.82, 2.24) is 0 Å². The van der Waals surface area contributed by atoms with Gasteiger partial charge in [-0.05, 0) is 78.8 Å². The Kier molecular flexibility index (Phi) is 5.62. The van der Waals surface area contributed by atoms with Gasteiger partial charge in [0, 0.05) is 19.5 Å². The normalized spacial score (nSPS) is 11.5. The van der Waals surface area contributed by atoms with Crippen molar-refractivity contribution in [3.05, 3.63) is 146 Å².